The lowest BCUT2D eigenvalue weighted by Crippen LogP contribution is -2.35. The summed E-state index contributed by atoms with van der Waals surface area (Å²) in [6, 6.07) is 24.1. The van der Waals surface area contributed by atoms with Crippen molar-refractivity contribution in [3.63, 3.8) is 0 Å². The monoisotopic (exact) mass is 361 g/mol. The van der Waals surface area contributed by atoms with E-state index in [0.717, 1.165) is 11.3 Å². The van der Waals surface area contributed by atoms with Gasteiger partial charge in [-0.2, -0.15) is 0 Å². The minimum atomic E-state index is -0.568. The Kier molecular flexibility index (Phi) is 5.89. The first-order valence-corrected chi connectivity index (χ1v) is 8.93. The smallest absolute Gasteiger partial charge is 0.237 e. The zero-order valence-corrected chi connectivity index (χ0v) is 15.2. The Hall–Kier alpha value is -3.11. The third kappa shape index (κ3) is 4.36. The lowest BCUT2D eigenvalue weighted by molar-refractivity contribution is -0.122. The molecule has 0 heterocycles. The maximum Gasteiger partial charge on any atom is 0.237 e. The molecule has 1 unspecified atom stereocenters. The number of para-hydroxylation sites is 1. The number of hydrogen-bond donors (Lipinski definition) is 2. The molecule has 0 aliphatic heterocycles. The Morgan fingerprint density at radius 3 is 2.15 bits per heavy atom. The number of phenols is 1. The van der Waals surface area contributed by atoms with Crippen molar-refractivity contribution in [1.29, 1.82) is 0 Å². The largest absolute Gasteiger partial charge is 0.508 e. The van der Waals surface area contributed by atoms with Gasteiger partial charge in [0.25, 0.3) is 0 Å². The number of amides is 1. The summed E-state index contributed by atoms with van der Waals surface area (Å²) in [7, 11) is 0. The molecule has 2 N–H and O–H groups in total. The van der Waals surface area contributed by atoms with Crippen LogP contribution in [0.25, 0.3) is 0 Å². The van der Waals surface area contributed by atoms with Crippen LogP contribution in [0.2, 0.25) is 0 Å². The molecule has 0 radical (unpaired) electrons. The normalized spacial score (nSPS) is 11.8. The maximum absolute atomic E-state index is 13.4. The van der Waals surface area contributed by atoms with Crippen molar-refractivity contribution in [2.75, 3.05) is 11.5 Å². The van der Waals surface area contributed by atoms with Gasteiger partial charge in [-0.05, 0) is 54.8 Å². The molecule has 0 aliphatic carbocycles. The van der Waals surface area contributed by atoms with Crippen LogP contribution in [0.4, 0.5) is 11.4 Å². The first-order chi connectivity index (χ1) is 13.1. The molecule has 4 heteroatoms. The fourth-order valence-electron chi connectivity index (χ4n) is 3.07. The fraction of sp³-hybridized carbons (Fsp3) is 0.174. The summed E-state index contributed by atoms with van der Waals surface area (Å²) in [5.41, 5.74) is 3.07. The molecule has 3 aromatic carbocycles. The number of hydrogen-bond acceptors (Lipinski definition) is 3. The molecule has 0 spiro atoms. The summed E-state index contributed by atoms with van der Waals surface area (Å²) < 4.78 is 0. The molecular formula is C23H23NO3. The lowest BCUT2D eigenvalue weighted by Gasteiger charge is -2.27. The Balaban J connectivity index is 1.98. The van der Waals surface area contributed by atoms with Crippen LogP contribution in [0.1, 0.15) is 11.1 Å². The quantitative estimate of drug-likeness (QED) is 0.691. The van der Waals surface area contributed by atoms with E-state index in [1.54, 1.807) is 30.0 Å². The van der Waals surface area contributed by atoms with Gasteiger partial charge in [0.05, 0.1) is 12.5 Å². The Morgan fingerprint density at radius 2 is 1.56 bits per heavy atom. The minimum Gasteiger partial charge on any atom is -0.508 e. The maximum atomic E-state index is 13.4. The van der Waals surface area contributed by atoms with Gasteiger partial charge in [0.2, 0.25) is 5.91 Å². The number of phenolic OH excluding ortho intramolecular Hbond substituents is 1. The summed E-state index contributed by atoms with van der Waals surface area (Å²) in [5.74, 6) is -0.568. The van der Waals surface area contributed by atoms with Crippen molar-refractivity contribution in [2.24, 2.45) is 5.92 Å². The summed E-state index contributed by atoms with van der Waals surface area (Å²) in [4.78, 5) is 15.0. The van der Waals surface area contributed by atoms with E-state index in [4.69, 9.17) is 0 Å². The van der Waals surface area contributed by atoms with E-state index >= 15 is 0 Å². The van der Waals surface area contributed by atoms with Crippen molar-refractivity contribution >= 4 is 17.3 Å². The number of carbonyl (C=O) groups is 1. The van der Waals surface area contributed by atoms with Crippen molar-refractivity contribution in [1.82, 2.24) is 0 Å². The highest BCUT2D eigenvalue weighted by atomic mass is 16.3. The first-order valence-electron chi connectivity index (χ1n) is 8.93. The average Bonchev–Trinajstić information content (AvgIpc) is 2.70. The number of rotatable bonds is 6. The highest BCUT2D eigenvalue weighted by Gasteiger charge is 2.27. The second-order valence-electron chi connectivity index (χ2n) is 6.55. The van der Waals surface area contributed by atoms with Crippen molar-refractivity contribution in [3.8, 4) is 5.75 Å². The molecule has 4 nitrogen and oxygen atoms in total. The summed E-state index contributed by atoms with van der Waals surface area (Å²) in [6.45, 7) is 1.55. The number of aromatic hydroxyl groups is 1. The Bertz CT molecular complexity index is 894. The molecule has 1 atom stereocenters. The van der Waals surface area contributed by atoms with Gasteiger partial charge in [-0.25, -0.2) is 0 Å². The topological polar surface area (TPSA) is 60.8 Å². The van der Waals surface area contributed by atoms with E-state index in [0.29, 0.717) is 17.7 Å². The number of aliphatic hydroxyl groups is 1. The number of aryl methyl sites for hydroxylation is 1. The second-order valence-corrected chi connectivity index (χ2v) is 6.55. The van der Waals surface area contributed by atoms with Gasteiger partial charge in [0.1, 0.15) is 5.75 Å². The van der Waals surface area contributed by atoms with Crippen LogP contribution in [-0.2, 0) is 11.2 Å². The van der Waals surface area contributed by atoms with Crippen molar-refractivity contribution < 1.29 is 15.0 Å². The predicted octanol–water partition coefficient (Wildman–Crippen LogP) is 4.22. The van der Waals surface area contributed by atoms with Crippen LogP contribution in [0.5, 0.6) is 5.75 Å². The van der Waals surface area contributed by atoms with E-state index in [2.05, 4.69) is 0 Å². The third-order valence-corrected chi connectivity index (χ3v) is 4.57. The number of carbonyl (C=O) groups excluding carboxylic acids is 1. The Morgan fingerprint density at radius 1 is 0.926 bits per heavy atom. The summed E-state index contributed by atoms with van der Waals surface area (Å²) >= 11 is 0. The molecule has 0 aromatic heterocycles. The standard InChI is InChI=1S/C23H23NO3/c1-17-14-21(12-13-22(17)26)24(20-10-6-3-7-11-20)23(27)19(16-25)15-18-8-4-2-5-9-18/h2-14,19,25-26H,15-16H2,1H3. The number of benzene rings is 3. The van der Waals surface area contributed by atoms with Gasteiger partial charge in [0, 0.05) is 11.4 Å². The van der Waals surface area contributed by atoms with Crippen LogP contribution >= 0.6 is 0 Å². The summed E-state index contributed by atoms with van der Waals surface area (Å²) in [5, 5.41) is 19.8. The highest BCUT2D eigenvalue weighted by Crippen LogP contribution is 2.31. The van der Waals surface area contributed by atoms with Gasteiger partial charge < -0.3 is 10.2 Å². The predicted molar refractivity (Wildman–Crippen MR) is 107 cm³/mol. The molecule has 0 saturated heterocycles. The molecule has 27 heavy (non-hydrogen) atoms. The molecule has 138 valence electrons. The third-order valence-electron chi connectivity index (χ3n) is 4.57. The molecular weight excluding hydrogens is 338 g/mol. The average molecular weight is 361 g/mol. The van der Waals surface area contributed by atoms with Crippen LogP contribution in [-0.4, -0.2) is 22.7 Å². The van der Waals surface area contributed by atoms with Gasteiger partial charge in [-0.3, -0.25) is 9.69 Å². The Labute approximate surface area is 159 Å². The molecule has 1 amide bonds. The van der Waals surface area contributed by atoms with Crippen LogP contribution < -0.4 is 4.90 Å². The first kappa shape index (κ1) is 18.7. The van der Waals surface area contributed by atoms with E-state index in [9.17, 15) is 15.0 Å². The zero-order chi connectivity index (χ0) is 19.2. The SMILES string of the molecule is Cc1cc(N(C(=O)C(CO)Cc2ccccc2)c2ccccc2)ccc1O. The van der Waals surface area contributed by atoms with Gasteiger partial charge in [-0.15, -0.1) is 0 Å². The highest BCUT2D eigenvalue weighted by molar-refractivity contribution is 6.02. The van der Waals surface area contributed by atoms with E-state index < -0.39 is 5.92 Å². The molecule has 3 aromatic rings. The van der Waals surface area contributed by atoms with Crippen molar-refractivity contribution in [2.45, 2.75) is 13.3 Å². The second kappa shape index (κ2) is 8.52. The molecule has 3 rings (SSSR count). The van der Waals surface area contributed by atoms with E-state index in [1.165, 1.54) is 0 Å². The molecule has 0 fully saturated rings. The van der Waals surface area contributed by atoms with E-state index in [-0.39, 0.29) is 18.3 Å². The number of aliphatic hydroxyl groups excluding tert-OH is 1. The van der Waals surface area contributed by atoms with Gasteiger partial charge in [0.15, 0.2) is 0 Å². The number of nitrogens with zero attached hydrogens (tertiary/aromatic N) is 1. The zero-order valence-electron chi connectivity index (χ0n) is 15.2. The molecule has 0 aliphatic rings. The summed E-state index contributed by atoms with van der Waals surface area (Å²) in [6.07, 6.45) is 0.455. The van der Waals surface area contributed by atoms with Gasteiger partial charge in [-0.1, -0.05) is 48.5 Å². The minimum absolute atomic E-state index is 0.183. The van der Waals surface area contributed by atoms with Crippen molar-refractivity contribution in [3.05, 3.63) is 90.0 Å². The van der Waals surface area contributed by atoms with Gasteiger partial charge >= 0.3 is 0 Å². The van der Waals surface area contributed by atoms with Crippen LogP contribution in [0, 0.1) is 12.8 Å². The van der Waals surface area contributed by atoms with Crippen LogP contribution in [0.15, 0.2) is 78.9 Å². The number of anilines is 2. The van der Waals surface area contributed by atoms with Crippen LogP contribution in [0.3, 0.4) is 0 Å². The fourth-order valence-corrected chi connectivity index (χ4v) is 3.07. The van der Waals surface area contributed by atoms with E-state index in [1.807, 2.05) is 60.7 Å². The molecule has 0 saturated carbocycles. The lowest BCUT2D eigenvalue weighted by atomic mass is 9.98. The molecule has 0 bridgehead atoms.